The Balaban J connectivity index is 2.50. The van der Waals surface area contributed by atoms with Crippen molar-refractivity contribution in [1.29, 1.82) is 0 Å². The summed E-state index contributed by atoms with van der Waals surface area (Å²) in [5.74, 6) is 0.469. The van der Waals surface area contributed by atoms with E-state index in [-0.39, 0.29) is 0 Å². The molecule has 0 aromatic heterocycles. The largest absolute Gasteiger partial charge is 0.384 e. The fraction of sp³-hybridized carbons (Fsp3) is 0.400. The first-order valence-corrected chi connectivity index (χ1v) is 4.80. The Morgan fingerprint density at radius 2 is 2.15 bits per heavy atom. The zero-order valence-corrected chi connectivity index (χ0v) is 8.51. The molecule has 0 amide bonds. The van der Waals surface area contributed by atoms with Crippen molar-refractivity contribution in [2.75, 3.05) is 18.4 Å². The van der Waals surface area contributed by atoms with Crippen molar-refractivity contribution in [3.05, 3.63) is 29.3 Å². The first-order chi connectivity index (χ1) is 6.24. The van der Waals surface area contributed by atoms with Crippen LogP contribution in [-0.4, -0.2) is 13.1 Å². The lowest BCUT2D eigenvalue weighted by atomic mass is 10.2. The van der Waals surface area contributed by atoms with Crippen LogP contribution in [0.4, 0.5) is 5.69 Å². The van der Waals surface area contributed by atoms with Crippen LogP contribution in [0.5, 0.6) is 0 Å². The molecule has 0 bridgehead atoms. The Labute approximate surface area is 84.1 Å². The molecule has 13 heavy (non-hydrogen) atoms. The van der Waals surface area contributed by atoms with Crippen molar-refractivity contribution < 1.29 is 0 Å². The van der Waals surface area contributed by atoms with Gasteiger partial charge in [0.15, 0.2) is 0 Å². The number of anilines is 1. The summed E-state index contributed by atoms with van der Waals surface area (Å²) in [6.07, 6.45) is 0. The number of hydrogen-bond acceptors (Lipinski definition) is 2. The van der Waals surface area contributed by atoms with Crippen LogP contribution in [0.25, 0.3) is 0 Å². The summed E-state index contributed by atoms with van der Waals surface area (Å²) in [7, 11) is 0. The van der Waals surface area contributed by atoms with E-state index in [1.54, 1.807) is 0 Å². The summed E-state index contributed by atoms with van der Waals surface area (Å²) >= 11 is 5.96. The van der Waals surface area contributed by atoms with Gasteiger partial charge in [-0.05, 0) is 24.6 Å². The van der Waals surface area contributed by atoms with Crippen LogP contribution < -0.4 is 11.1 Å². The summed E-state index contributed by atoms with van der Waals surface area (Å²) in [5.41, 5.74) is 6.48. The summed E-state index contributed by atoms with van der Waals surface area (Å²) in [6, 6.07) is 7.71. The Morgan fingerprint density at radius 1 is 1.46 bits per heavy atom. The fourth-order valence-electron chi connectivity index (χ4n) is 0.972. The quantitative estimate of drug-likeness (QED) is 0.780. The number of halogens is 1. The summed E-state index contributed by atoms with van der Waals surface area (Å²) in [6.45, 7) is 3.65. The number of hydrogen-bond donors (Lipinski definition) is 2. The molecule has 0 heterocycles. The molecule has 0 aliphatic carbocycles. The minimum atomic E-state index is 0.469. The Bertz CT molecular complexity index is 263. The molecule has 1 unspecified atom stereocenters. The van der Waals surface area contributed by atoms with Gasteiger partial charge in [-0.15, -0.1) is 0 Å². The highest BCUT2D eigenvalue weighted by atomic mass is 35.5. The highest BCUT2D eigenvalue weighted by Crippen LogP contribution is 2.20. The predicted molar refractivity (Wildman–Crippen MR) is 58.2 cm³/mol. The SMILES string of the molecule is CC(CN)CNc1ccccc1Cl. The molecule has 0 spiro atoms. The lowest BCUT2D eigenvalue weighted by Crippen LogP contribution is -2.19. The second kappa shape index (κ2) is 5.10. The molecule has 1 aromatic rings. The topological polar surface area (TPSA) is 38.0 Å². The van der Waals surface area contributed by atoms with Gasteiger partial charge >= 0.3 is 0 Å². The third-order valence-electron chi connectivity index (χ3n) is 1.92. The van der Waals surface area contributed by atoms with E-state index in [0.717, 1.165) is 17.3 Å². The smallest absolute Gasteiger partial charge is 0.0637 e. The molecule has 72 valence electrons. The number of nitrogens with one attached hydrogen (secondary N) is 1. The lowest BCUT2D eigenvalue weighted by molar-refractivity contribution is 0.628. The summed E-state index contributed by atoms with van der Waals surface area (Å²) in [5, 5.41) is 4.01. The van der Waals surface area contributed by atoms with E-state index in [2.05, 4.69) is 12.2 Å². The second-order valence-electron chi connectivity index (χ2n) is 3.20. The van der Waals surface area contributed by atoms with Crippen molar-refractivity contribution in [3.8, 4) is 0 Å². The predicted octanol–water partition coefficient (Wildman–Crippen LogP) is 2.35. The highest BCUT2D eigenvalue weighted by Gasteiger charge is 2.00. The van der Waals surface area contributed by atoms with Crippen LogP contribution in [0.1, 0.15) is 6.92 Å². The van der Waals surface area contributed by atoms with E-state index in [1.807, 2.05) is 24.3 Å². The molecular formula is C10H15ClN2. The Kier molecular flexibility index (Phi) is 4.06. The minimum absolute atomic E-state index is 0.469. The average molecular weight is 199 g/mol. The summed E-state index contributed by atoms with van der Waals surface area (Å²) in [4.78, 5) is 0. The minimum Gasteiger partial charge on any atom is -0.384 e. The number of benzene rings is 1. The molecule has 0 saturated carbocycles. The molecule has 0 fully saturated rings. The maximum Gasteiger partial charge on any atom is 0.0637 e. The molecule has 0 radical (unpaired) electrons. The van der Waals surface area contributed by atoms with Gasteiger partial charge < -0.3 is 11.1 Å². The number of rotatable bonds is 4. The van der Waals surface area contributed by atoms with Gasteiger partial charge in [-0.3, -0.25) is 0 Å². The highest BCUT2D eigenvalue weighted by molar-refractivity contribution is 6.33. The zero-order chi connectivity index (χ0) is 9.68. The van der Waals surface area contributed by atoms with Crippen molar-refractivity contribution >= 4 is 17.3 Å². The lowest BCUT2D eigenvalue weighted by Gasteiger charge is -2.11. The van der Waals surface area contributed by atoms with Gasteiger partial charge in [0.25, 0.3) is 0 Å². The molecular weight excluding hydrogens is 184 g/mol. The van der Waals surface area contributed by atoms with Crippen LogP contribution in [0.15, 0.2) is 24.3 Å². The standard InChI is InChI=1S/C10H15ClN2/c1-8(6-12)7-13-10-5-3-2-4-9(10)11/h2-5,8,13H,6-7,12H2,1H3. The van der Waals surface area contributed by atoms with Gasteiger partial charge in [0.05, 0.1) is 10.7 Å². The normalized spacial score (nSPS) is 12.5. The number of nitrogens with two attached hydrogens (primary N) is 1. The van der Waals surface area contributed by atoms with E-state index in [1.165, 1.54) is 0 Å². The van der Waals surface area contributed by atoms with E-state index < -0.39 is 0 Å². The van der Waals surface area contributed by atoms with Gasteiger partial charge in [-0.25, -0.2) is 0 Å². The van der Waals surface area contributed by atoms with Crippen LogP contribution >= 0.6 is 11.6 Å². The molecule has 0 aliphatic heterocycles. The Hall–Kier alpha value is -0.730. The second-order valence-corrected chi connectivity index (χ2v) is 3.61. The fourth-order valence-corrected chi connectivity index (χ4v) is 1.17. The molecule has 3 heteroatoms. The van der Waals surface area contributed by atoms with E-state index in [0.29, 0.717) is 12.5 Å². The van der Waals surface area contributed by atoms with Gasteiger partial charge in [-0.1, -0.05) is 30.7 Å². The monoisotopic (exact) mass is 198 g/mol. The Morgan fingerprint density at radius 3 is 2.77 bits per heavy atom. The van der Waals surface area contributed by atoms with Gasteiger partial charge in [-0.2, -0.15) is 0 Å². The van der Waals surface area contributed by atoms with Crippen molar-refractivity contribution in [3.63, 3.8) is 0 Å². The van der Waals surface area contributed by atoms with Gasteiger partial charge in [0.2, 0.25) is 0 Å². The van der Waals surface area contributed by atoms with E-state index >= 15 is 0 Å². The summed E-state index contributed by atoms with van der Waals surface area (Å²) < 4.78 is 0. The van der Waals surface area contributed by atoms with Crippen molar-refractivity contribution in [2.45, 2.75) is 6.92 Å². The van der Waals surface area contributed by atoms with Crippen LogP contribution in [-0.2, 0) is 0 Å². The maximum absolute atomic E-state index is 5.96. The molecule has 1 rings (SSSR count). The first kappa shape index (κ1) is 10.4. The van der Waals surface area contributed by atoms with Crippen LogP contribution in [0.3, 0.4) is 0 Å². The van der Waals surface area contributed by atoms with Crippen molar-refractivity contribution in [1.82, 2.24) is 0 Å². The molecule has 0 aliphatic rings. The van der Waals surface area contributed by atoms with Crippen molar-refractivity contribution in [2.24, 2.45) is 11.7 Å². The molecule has 0 saturated heterocycles. The molecule has 3 N–H and O–H groups in total. The van der Waals surface area contributed by atoms with Crippen LogP contribution in [0.2, 0.25) is 5.02 Å². The van der Waals surface area contributed by atoms with E-state index in [9.17, 15) is 0 Å². The average Bonchev–Trinajstić information content (AvgIpc) is 2.16. The van der Waals surface area contributed by atoms with E-state index in [4.69, 9.17) is 17.3 Å². The maximum atomic E-state index is 5.96. The number of para-hydroxylation sites is 1. The van der Waals surface area contributed by atoms with Crippen LogP contribution in [0, 0.1) is 5.92 Å². The third kappa shape index (κ3) is 3.25. The van der Waals surface area contributed by atoms with Gasteiger partial charge in [0.1, 0.15) is 0 Å². The first-order valence-electron chi connectivity index (χ1n) is 4.42. The third-order valence-corrected chi connectivity index (χ3v) is 2.25. The molecule has 2 nitrogen and oxygen atoms in total. The zero-order valence-electron chi connectivity index (χ0n) is 7.76. The molecule has 1 atom stereocenters. The van der Waals surface area contributed by atoms with Gasteiger partial charge in [0, 0.05) is 6.54 Å². The molecule has 1 aromatic carbocycles.